The van der Waals surface area contributed by atoms with E-state index in [4.69, 9.17) is 4.52 Å². The van der Waals surface area contributed by atoms with Crippen molar-refractivity contribution < 1.29 is 8.91 Å². The van der Waals surface area contributed by atoms with Gasteiger partial charge in [0.2, 0.25) is 0 Å². The van der Waals surface area contributed by atoms with Gasteiger partial charge in [0, 0.05) is 16.3 Å². The van der Waals surface area contributed by atoms with Crippen LogP contribution in [0, 0.1) is 5.82 Å². The first kappa shape index (κ1) is 15.5. The van der Waals surface area contributed by atoms with Crippen LogP contribution in [0.25, 0.3) is 22.7 Å². The van der Waals surface area contributed by atoms with Crippen LogP contribution in [-0.4, -0.2) is 15.1 Å². The Morgan fingerprint density at radius 2 is 1.92 bits per heavy atom. The molecule has 24 heavy (non-hydrogen) atoms. The van der Waals surface area contributed by atoms with E-state index in [-0.39, 0.29) is 5.82 Å². The fourth-order valence-corrected chi connectivity index (χ4v) is 4.33. The molecule has 4 rings (SSSR count). The number of aromatic nitrogens is 3. The van der Waals surface area contributed by atoms with Crippen LogP contribution in [0.5, 0.6) is 0 Å². The van der Waals surface area contributed by atoms with E-state index >= 15 is 0 Å². The van der Waals surface area contributed by atoms with Gasteiger partial charge < -0.3 is 4.52 Å². The van der Waals surface area contributed by atoms with Gasteiger partial charge in [-0.3, -0.25) is 0 Å². The van der Waals surface area contributed by atoms with Crippen LogP contribution < -0.4 is 0 Å². The van der Waals surface area contributed by atoms with Crippen molar-refractivity contribution in [2.24, 2.45) is 0 Å². The maximum Gasteiger partial charge on any atom is 0.258 e. The SMILES string of the molecule is Fc1ccc(-c2csc(SCc3noc(-c4ccsc4)n3)n2)cc1. The molecule has 0 bridgehead atoms. The van der Waals surface area contributed by atoms with Crippen LogP contribution in [0.4, 0.5) is 4.39 Å². The number of benzene rings is 1. The molecule has 0 amide bonds. The summed E-state index contributed by atoms with van der Waals surface area (Å²) < 4.78 is 19.2. The average molecular weight is 375 g/mol. The number of thiazole rings is 1. The molecule has 3 aromatic heterocycles. The molecular weight excluding hydrogens is 365 g/mol. The van der Waals surface area contributed by atoms with E-state index in [9.17, 15) is 4.39 Å². The first-order chi connectivity index (χ1) is 11.8. The van der Waals surface area contributed by atoms with E-state index < -0.39 is 0 Å². The number of hydrogen-bond donors (Lipinski definition) is 0. The van der Waals surface area contributed by atoms with Crippen molar-refractivity contribution in [2.45, 2.75) is 10.1 Å². The third-order valence-corrected chi connectivity index (χ3v) is 5.88. The van der Waals surface area contributed by atoms with Gasteiger partial charge in [-0.25, -0.2) is 9.37 Å². The lowest BCUT2D eigenvalue weighted by atomic mass is 10.2. The zero-order chi connectivity index (χ0) is 16.4. The Bertz CT molecular complexity index is 932. The fraction of sp³-hybridized carbons (Fsp3) is 0.0625. The highest BCUT2D eigenvalue weighted by Crippen LogP contribution is 2.30. The summed E-state index contributed by atoms with van der Waals surface area (Å²) in [5.41, 5.74) is 2.69. The predicted molar refractivity (Wildman–Crippen MR) is 94.7 cm³/mol. The molecule has 0 unspecified atom stereocenters. The van der Waals surface area contributed by atoms with E-state index in [1.54, 1.807) is 46.6 Å². The lowest BCUT2D eigenvalue weighted by Crippen LogP contribution is -1.84. The summed E-state index contributed by atoms with van der Waals surface area (Å²) in [6.45, 7) is 0. The monoisotopic (exact) mass is 375 g/mol. The molecule has 4 aromatic rings. The van der Waals surface area contributed by atoms with Gasteiger partial charge in [-0.15, -0.1) is 11.3 Å². The Hall–Kier alpha value is -2.03. The van der Waals surface area contributed by atoms with Crippen molar-refractivity contribution in [3.63, 3.8) is 0 Å². The zero-order valence-electron chi connectivity index (χ0n) is 12.2. The normalized spacial score (nSPS) is 11.0. The van der Waals surface area contributed by atoms with E-state index in [0.29, 0.717) is 17.5 Å². The first-order valence-electron chi connectivity index (χ1n) is 6.97. The van der Waals surface area contributed by atoms with Crippen LogP contribution >= 0.6 is 34.4 Å². The molecule has 3 heterocycles. The Labute approximate surface area is 149 Å². The van der Waals surface area contributed by atoms with E-state index in [1.807, 2.05) is 22.2 Å². The molecule has 8 heteroatoms. The van der Waals surface area contributed by atoms with Crippen molar-refractivity contribution in [3.05, 3.63) is 58.1 Å². The molecule has 0 atom stereocenters. The van der Waals surface area contributed by atoms with Gasteiger partial charge in [0.25, 0.3) is 5.89 Å². The summed E-state index contributed by atoms with van der Waals surface area (Å²) in [5, 5.41) is 9.90. The van der Waals surface area contributed by atoms with E-state index in [1.165, 1.54) is 12.1 Å². The quantitative estimate of drug-likeness (QED) is 0.440. The highest BCUT2D eigenvalue weighted by Gasteiger charge is 2.11. The molecule has 0 aliphatic heterocycles. The van der Waals surface area contributed by atoms with E-state index in [2.05, 4.69) is 15.1 Å². The highest BCUT2D eigenvalue weighted by atomic mass is 32.2. The maximum absolute atomic E-state index is 13.0. The standard InChI is InChI=1S/C16H10FN3OS3/c17-12-3-1-10(2-4-12)13-8-23-16(18-13)24-9-14-19-15(21-20-14)11-5-6-22-7-11/h1-8H,9H2. The molecule has 0 spiro atoms. The van der Waals surface area contributed by atoms with Crippen LogP contribution in [0.3, 0.4) is 0 Å². The van der Waals surface area contributed by atoms with Crippen LogP contribution in [0.2, 0.25) is 0 Å². The predicted octanol–water partition coefficient (Wildman–Crippen LogP) is 5.35. The molecule has 0 aliphatic rings. The van der Waals surface area contributed by atoms with Crippen LogP contribution in [-0.2, 0) is 5.75 Å². The molecule has 0 saturated heterocycles. The second-order valence-corrected chi connectivity index (χ2v) is 7.68. The average Bonchev–Trinajstić information content (AvgIpc) is 3.34. The number of thioether (sulfide) groups is 1. The van der Waals surface area contributed by atoms with Gasteiger partial charge in [-0.1, -0.05) is 16.9 Å². The second-order valence-electron chi connectivity index (χ2n) is 4.82. The van der Waals surface area contributed by atoms with Gasteiger partial charge in [0.1, 0.15) is 5.82 Å². The summed E-state index contributed by atoms with van der Waals surface area (Å²) in [6.07, 6.45) is 0. The number of nitrogens with zero attached hydrogens (tertiary/aromatic N) is 3. The minimum atomic E-state index is -0.248. The van der Waals surface area contributed by atoms with Crippen molar-refractivity contribution >= 4 is 34.4 Å². The summed E-state index contributed by atoms with van der Waals surface area (Å²) in [6, 6.07) is 8.28. The Kier molecular flexibility index (Phi) is 4.42. The molecule has 0 aliphatic carbocycles. The summed E-state index contributed by atoms with van der Waals surface area (Å²) >= 11 is 4.69. The lowest BCUT2D eigenvalue weighted by molar-refractivity contribution is 0.425. The number of thiophene rings is 1. The minimum Gasteiger partial charge on any atom is -0.334 e. The summed E-state index contributed by atoms with van der Waals surface area (Å²) in [5.74, 6) is 1.52. The zero-order valence-corrected chi connectivity index (χ0v) is 14.6. The Morgan fingerprint density at radius 3 is 2.71 bits per heavy atom. The first-order valence-corrected chi connectivity index (χ1v) is 9.78. The smallest absolute Gasteiger partial charge is 0.258 e. The molecule has 0 saturated carbocycles. The molecule has 120 valence electrons. The lowest BCUT2D eigenvalue weighted by Gasteiger charge is -1.95. The number of rotatable bonds is 5. The van der Waals surface area contributed by atoms with E-state index in [0.717, 1.165) is 21.2 Å². The van der Waals surface area contributed by atoms with Crippen LogP contribution in [0.15, 0.2) is 55.3 Å². The fourth-order valence-electron chi connectivity index (χ4n) is 2.02. The highest BCUT2D eigenvalue weighted by molar-refractivity contribution is 8.00. The third kappa shape index (κ3) is 3.40. The topological polar surface area (TPSA) is 51.8 Å². The van der Waals surface area contributed by atoms with Crippen LogP contribution in [0.1, 0.15) is 5.82 Å². The largest absolute Gasteiger partial charge is 0.334 e. The molecule has 0 fully saturated rings. The van der Waals surface area contributed by atoms with Crippen molar-refractivity contribution in [1.29, 1.82) is 0 Å². The van der Waals surface area contributed by atoms with Gasteiger partial charge in [-0.05, 0) is 35.7 Å². The minimum absolute atomic E-state index is 0.248. The van der Waals surface area contributed by atoms with Crippen molar-refractivity contribution in [3.8, 4) is 22.7 Å². The Morgan fingerprint density at radius 1 is 1.04 bits per heavy atom. The number of halogens is 1. The molecule has 0 radical (unpaired) electrons. The third-order valence-electron chi connectivity index (χ3n) is 3.18. The summed E-state index contributed by atoms with van der Waals surface area (Å²) in [4.78, 5) is 8.94. The molecule has 4 nitrogen and oxygen atoms in total. The maximum atomic E-state index is 13.0. The second kappa shape index (κ2) is 6.84. The van der Waals surface area contributed by atoms with Gasteiger partial charge in [-0.2, -0.15) is 16.3 Å². The van der Waals surface area contributed by atoms with Gasteiger partial charge in [0.05, 0.1) is 17.0 Å². The van der Waals surface area contributed by atoms with Gasteiger partial charge in [0.15, 0.2) is 10.2 Å². The van der Waals surface area contributed by atoms with Crippen molar-refractivity contribution in [1.82, 2.24) is 15.1 Å². The molecule has 1 aromatic carbocycles. The number of hydrogen-bond acceptors (Lipinski definition) is 7. The van der Waals surface area contributed by atoms with Gasteiger partial charge >= 0.3 is 0 Å². The molecule has 0 N–H and O–H groups in total. The Balaban J connectivity index is 1.42. The summed E-state index contributed by atoms with van der Waals surface area (Å²) in [7, 11) is 0. The van der Waals surface area contributed by atoms with Crippen molar-refractivity contribution in [2.75, 3.05) is 0 Å². The molecular formula is C16H10FN3OS3.